The van der Waals surface area contributed by atoms with Gasteiger partial charge in [0.25, 0.3) is 5.91 Å². The van der Waals surface area contributed by atoms with Gasteiger partial charge in [0.15, 0.2) is 11.7 Å². The van der Waals surface area contributed by atoms with Crippen LogP contribution in [0.5, 0.6) is 5.75 Å². The number of rotatable bonds is 3. The first-order chi connectivity index (χ1) is 9.51. The second kappa shape index (κ2) is 8.33. The first-order valence-electron chi connectivity index (χ1n) is 5.33. The summed E-state index contributed by atoms with van der Waals surface area (Å²) in [6, 6.07) is 7.01. The van der Waals surface area contributed by atoms with Crippen molar-refractivity contribution in [3.05, 3.63) is 28.7 Å². The molecule has 0 fully saturated rings. The molecule has 0 atom stereocenters. The Morgan fingerprint density at radius 2 is 1.90 bits per heavy atom. The van der Waals surface area contributed by atoms with Gasteiger partial charge >= 0.3 is 6.09 Å². The Balaban J connectivity index is 2.27. The van der Waals surface area contributed by atoms with Gasteiger partial charge in [-0.2, -0.15) is 0 Å². The third kappa shape index (κ3) is 6.34. The van der Waals surface area contributed by atoms with Gasteiger partial charge in [0.2, 0.25) is 0 Å². The first-order valence-corrected chi connectivity index (χ1v) is 6.53. The molecule has 0 aliphatic rings. The number of hydrazine groups is 1. The van der Waals surface area contributed by atoms with Crippen molar-refractivity contribution < 1.29 is 19.1 Å². The Bertz CT molecular complexity index is 495. The molecule has 3 N–H and O–H groups in total. The zero-order valence-electron chi connectivity index (χ0n) is 10.4. The van der Waals surface area contributed by atoms with Gasteiger partial charge in [-0.3, -0.25) is 15.5 Å². The lowest BCUT2D eigenvalue weighted by Crippen LogP contribution is -2.49. The summed E-state index contributed by atoms with van der Waals surface area (Å²) in [6.45, 7) is -0.207. The Kier molecular flexibility index (Phi) is 6.74. The van der Waals surface area contributed by atoms with E-state index in [1.54, 1.807) is 24.3 Å². The van der Waals surface area contributed by atoms with E-state index in [0.29, 0.717) is 5.75 Å². The summed E-state index contributed by atoms with van der Waals surface area (Å²) in [6.07, 6.45) is -0.729. The van der Waals surface area contributed by atoms with Crippen LogP contribution in [0.1, 0.15) is 0 Å². The van der Waals surface area contributed by atoms with Crippen molar-refractivity contribution in [1.82, 2.24) is 16.2 Å². The summed E-state index contributed by atoms with van der Waals surface area (Å²) in [5.74, 6) is 0.0898. The van der Waals surface area contributed by atoms with E-state index in [-0.39, 0.29) is 11.7 Å². The van der Waals surface area contributed by atoms with Gasteiger partial charge in [-0.05, 0) is 36.5 Å². The van der Waals surface area contributed by atoms with Crippen molar-refractivity contribution in [2.75, 3.05) is 13.7 Å². The van der Waals surface area contributed by atoms with Crippen molar-refractivity contribution in [3.8, 4) is 5.75 Å². The van der Waals surface area contributed by atoms with Crippen molar-refractivity contribution in [3.63, 3.8) is 0 Å². The van der Waals surface area contributed by atoms with Gasteiger partial charge in [0.1, 0.15) is 5.75 Å². The second-order valence-corrected chi connectivity index (χ2v) is 4.69. The summed E-state index contributed by atoms with van der Waals surface area (Å²) in [5, 5.41) is 2.25. The maximum absolute atomic E-state index is 11.5. The van der Waals surface area contributed by atoms with Crippen LogP contribution in [-0.4, -0.2) is 30.8 Å². The highest BCUT2D eigenvalue weighted by Crippen LogP contribution is 2.15. The normalized spacial score (nSPS) is 9.30. The number of hydrogen-bond donors (Lipinski definition) is 3. The van der Waals surface area contributed by atoms with E-state index in [4.69, 9.17) is 17.0 Å². The highest BCUT2D eigenvalue weighted by molar-refractivity contribution is 9.10. The Hall–Kier alpha value is -1.87. The molecule has 20 heavy (non-hydrogen) atoms. The molecule has 0 saturated heterocycles. The van der Waals surface area contributed by atoms with Crippen molar-refractivity contribution in [2.24, 2.45) is 0 Å². The average Bonchev–Trinajstić information content (AvgIpc) is 2.44. The van der Waals surface area contributed by atoms with Crippen LogP contribution in [0.3, 0.4) is 0 Å². The number of ether oxygens (including phenoxy) is 2. The molecule has 1 aromatic rings. The van der Waals surface area contributed by atoms with Crippen LogP contribution in [0.4, 0.5) is 4.79 Å². The number of nitrogens with one attached hydrogen (secondary N) is 3. The largest absolute Gasteiger partial charge is 0.484 e. The van der Waals surface area contributed by atoms with Crippen LogP contribution < -0.4 is 20.9 Å². The highest BCUT2D eigenvalue weighted by Gasteiger charge is 2.06. The SMILES string of the molecule is COC(=O)NNC(=S)NC(=O)COc1ccc(Br)cc1. The number of benzene rings is 1. The van der Waals surface area contributed by atoms with Crippen molar-refractivity contribution >= 4 is 45.3 Å². The molecule has 0 aliphatic carbocycles. The number of amides is 2. The van der Waals surface area contributed by atoms with Crippen LogP contribution in [0.2, 0.25) is 0 Å². The molecule has 1 aromatic carbocycles. The maximum Gasteiger partial charge on any atom is 0.425 e. The Labute approximate surface area is 129 Å². The van der Waals surface area contributed by atoms with Gasteiger partial charge < -0.3 is 9.47 Å². The fourth-order valence-electron chi connectivity index (χ4n) is 1.03. The number of carbonyl (C=O) groups excluding carboxylic acids is 2. The maximum atomic E-state index is 11.5. The third-order valence-corrected chi connectivity index (χ3v) is 2.63. The van der Waals surface area contributed by atoms with Gasteiger partial charge in [-0.15, -0.1) is 0 Å². The van der Waals surface area contributed by atoms with E-state index >= 15 is 0 Å². The first kappa shape index (κ1) is 16.2. The molecule has 9 heteroatoms. The van der Waals surface area contributed by atoms with Crippen LogP contribution in [-0.2, 0) is 9.53 Å². The molecule has 108 valence electrons. The second-order valence-electron chi connectivity index (χ2n) is 3.36. The number of carbonyl (C=O) groups is 2. The quantitative estimate of drug-likeness (QED) is 0.551. The van der Waals surface area contributed by atoms with Gasteiger partial charge in [0, 0.05) is 4.47 Å². The van der Waals surface area contributed by atoms with Crippen LogP contribution in [0, 0.1) is 0 Å². The molecule has 0 saturated carbocycles. The zero-order valence-corrected chi connectivity index (χ0v) is 12.8. The summed E-state index contributed by atoms with van der Waals surface area (Å²) >= 11 is 8.06. The highest BCUT2D eigenvalue weighted by atomic mass is 79.9. The standard InChI is InChI=1S/C11H12BrN3O4S/c1-18-11(17)15-14-10(20)13-9(16)6-19-8-4-2-7(12)3-5-8/h2-5H,6H2,1H3,(H,15,17)(H2,13,14,16,20). The summed E-state index contributed by atoms with van der Waals surface area (Å²) in [7, 11) is 1.20. The molecule has 7 nitrogen and oxygen atoms in total. The molecule has 0 aromatic heterocycles. The van der Waals surface area contributed by atoms with E-state index in [1.165, 1.54) is 7.11 Å². The molecular weight excluding hydrogens is 350 g/mol. The lowest BCUT2D eigenvalue weighted by atomic mass is 10.3. The number of halogens is 1. The molecule has 0 spiro atoms. The topological polar surface area (TPSA) is 88.7 Å². The minimum absolute atomic E-state index is 0.0696. The number of hydrogen-bond acceptors (Lipinski definition) is 5. The monoisotopic (exact) mass is 361 g/mol. The molecule has 0 unspecified atom stereocenters. The molecule has 0 radical (unpaired) electrons. The van der Waals surface area contributed by atoms with E-state index in [1.807, 2.05) is 0 Å². The van der Waals surface area contributed by atoms with E-state index < -0.39 is 12.0 Å². The van der Waals surface area contributed by atoms with Crippen LogP contribution in [0.25, 0.3) is 0 Å². The molecule has 0 bridgehead atoms. The predicted molar refractivity (Wildman–Crippen MR) is 79.1 cm³/mol. The minimum Gasteiger partial charge on any atom is -0.484 e. The molecule has 1 rings (SSSR count). The predicted octanol–water partition coefficient (Wildman–Crippen LogP) is 1.09. The smallest absolute Gasteiger partial charge is 0.425 e. The fraction of sp³-hybridized carbons (Fsp3) is 0.182. The fourth-order valence-corrected chi connectivity index (χ4v) is 1.46. The average molecular weight is 362 g/mol. The Morgan fingerprint density at radius 1 is 1.25 bits per heavy atom. The third-order valence-electron chi connectivity index (χ3n) is 1.90. The van der Waals surface area contributed by atoms with Crippen LogP contribution in [0.15, 0.2) is 28.7 Å². The lowest BCUT2D eigenvalue weighted by Gasteiger charge is -2.10. The van der Waals surface area contributed by atoms with E-state index in [0.717, 1.165) is 4.47 Å². The van der Waals surface area contributed by atoms with E-state index in [9.17, 15) is 9.59 Å². The summed E-state index contributed by atoms with van der Waals surface area (Å²) in [5.41, 5.74) is 4.39. The summed E-state index contributed by atoms with van der Waals surface area (Å²) < 4.78 is 10.5. The number of methoxy groups -OCH3 is 1. The zero-order chi connectivity index (χ0) is 15.0. The van der Waals surface area contributed by atoms with E-state index in [2.05, 4.69) is 36.8 Å². The number of thiocarbonyl (C=S) groups is 1. The van der Waals surface area contributed by atoms with Crippen molar-refractivity contribution in [1.29, 1.82) is 0 Å². The van der Waals surface area contributed by atoms with Gasteiger partial charge in [0.05, 0.1) is 7.11 Å². The summed E-state index contributed by atoms with van der Waals surface area (Å²) in [4.78, 5) is 22.2. The van der Waals surface area contributed by atoms with Crippen molar-refractivity contribution in [2.45, 2.75) is 0 Å². The molecular formula is C11H12BrN3O4S. The molecule has 0 aliphatic heterocycles. The minimum atomic E-state index is -0.729. The van der Waals surface area contributed by atoms with Gasteiger partial charge in [-0.25, -0.2) is 10.2 Å². The molecule has 0 heterocycles. The lowest BCUT2D eigenvalue weighted by molar-refractivity contribution is -0.121. The van der Waals surface area contributed by atoms with Crippen LogP contribution >= 0.6 is 28.1 Å². The Morgan fingerprint density at radius 3 is 2.50 bits per heavy atom. The molecule has 2 amide bonds. The van der Waals surface area contributed by atoms with Gasteiger partial charge in [-0.1, -0.05) is 15.9 Å².